The summed E-state index contributed by atoms with van der Waals surface area (Å²) >= 11 is 0. The Morgan fingerprint density at radius 3 is 1.24 bits per heavy atom. The Kier molecular flexibility index (Phi) is 8.42. The first-order chi connectivity index (χ1) is 30.8. The van der Waals surface area contributed by atoms with Gasteiger partial charge in [0.2, 0.25) is 0 Å². The number of hydrogen-bond acceptors (Lipinski definition) is 3. The maximum atomic E-state index is 5.22. The monoisotopic (exact) mass is 791 g/mol. The number of rotatable bonds is 7. The Morgan fingerprint density at radius 1 is 0.290 bits per heavy atom. The van der Waals surface area contributed by atoms with Gasteiger partial charge in [-0.2, -0.15) is 0 Å². The van der Waals surface area contributed by atoms with Crippen LogP contribution in [0.25, 0.3) is 111 Å². The highest BCUT2D eigenvalue weighted by Gasteiger charge is 2.25. The fourth-order valence-corrected chi connectivity index (χ4v) is 9.21. The lowest BCUT2D eigenvalue weighted by Gasteiger charge is -2.21. The quantitative estimate of drug-likeness (QED) is 0.162. The van der Waals surface area contributed by atoms with Crippen molar-refractivity contribution in [2.24, 2.45) is 0 Å². The van der Waals surface area contributed by atoms with Crippen molar-refractivity contribution in [1.29, 1.82) is 0 Å². The second-order valence-electron chi connectivity index (χ2n) is 15.6. The molecule has 0 unspecified atom stereocenters. The van der Waals surface area contributed by atoms with Crippen molar-refractivity contribution in [2.45, 2.75) is 0 Å². The lowest BCUT2D eigenvalue weighted by atomic mass is 9.92. The molecular weight excluding hydrogens is 755 g/mol. The zero-order chi connectivity index (χ0) is 41.0. The Labute approximate surface area is 358 Å². The first-order valence-corrected chi connectivity index (χ1v) is 21.0. The molecule has 0 aliphatic heterocycles. The van der Waals surface area contributed by atoms with Crippen LogP contribution in [-0.4, -0.2) is 24.1 Å². The Morgan fingerprint density at radius 2 is 0.710 bits per heavy atom. The molecule has 3 aromatic heterocycles. The topological polar surface area (TPSA) is 48.5 Å². The first kappa shape index (κ1) is 35.5. The largest absolute Gasteiger partial charge is 0.309 e. The molecule has 0 N–H and O–H groups in total. The van der Waals surface area contributed by atoms with Crippen molar-refractivity contribution < 1.29 is 0 Å². The van der Waals surface area contributed by atoms with Gasteiger partial charge in [-0.3, -0.25) is 0 Å². The summed E-state index contributed by atoms with van der Waals surface area (Å²) in [7, 11) is 0. The van der Waals surface area contributed by atoms with Crippen LogP contribution < -0.4 is 0 Å². The van der Waals surface area contributed by atoms with Crippen LogP contribution in [0.15, 0.2) is 224 Å². The van der Waals surface area contributed by atoms with Gasteiger partial charge in [-0.1, -0.05) is 182 Å². The number of nitrogens with zero attached hydrogens (tertiary/aromatic N) is 5. The van der Waals surface area contributed by atoms with Crippen LogP contribution in [0.2, 0.25) is 0 Å². The van der Waals surface area contributed by atoms with Gasteiger partial charge in [-0.15, -0.1) is 0 Å². The molecule has 0 saturated carbocycles. The van der Waals surface area contributed by atoms with Gasteiger partial charge in [-0.25, -0.2) is 15.0 Å². The number of hydrogen-bond donors (Lipinski definition) is 0. The number of fused-ring (bicyclic) bond motifs is 7. The minimum absolute atomic E-state index is 0.606. The highest BCUT2D eigenvalue weighted by atomic mass is 15.0. The van der Waals surface area contributed by atoms with Gasteiger partial charge in [0.25, 0.3) is 0 Å². The number of para-hydroxylation sites is 3. The highest BCUT2D eigenvalue weighted by Crippen LogP contribution is 2.46. The van der Waals surface area contributed by atoms with Crippen molar-refractivity contribution in [2.75, 3.05) is 0 Å². The molecule has 0 fully saturated rings. The van der Waals surface area contributed by atoms with E-state index in [0.717, 1.165) is 61.4 Å². The molecule has 3 heterocycles. The van der Waals surface area contributed by atoms with Crippen molar-refractivity contribution in [1.82, 2.24) is 24.1 Å². The van der Waals surface area contributed by atoms with E-state index in [-0.39, 0.29) is 0 Å². The second-order valence-corrected chi connectivity index (χ2v) is 15.6. The predicted octanol–water partition coefficient (Wildman–Crippen LogP) is 14.4. The third-order valence-electron chi connectivity index (χ3n) is 11.9. The summed E-state index contributed by atoms with van der Waals surface area (Å²) in [4.78, 5) is 15.5. The molecular formula is C57H37N5. The van der Waals surface area contributed by atoms with Gasteiger partial charge in [0.05, 0.1) is 27.8 Å². The summed E-state index contributed by atoms with van der Waals surface area (Å²) in [6.07, 6.45) is 0. The minimum Gasteiger partial charge on any atom is -0.309 e. The van der Waals surface area contributed by atoms with Crippen LogP contribution in [0.5, 0.6) is 0 Å². The molecule has 5 heteroatoms. The molecule has 0 aliphatic rings. The Balaban J connectivity index is 1.22. The summed E-state index contributed by atoms with van der Waals surface area (Å²) in [5.41, 5.74) is 13.9. The number of benzene rings is 9. The van der Waals surface area contributed by atoms with Gasteiger partial charge in [0.1, 0.15) is 0 Å². The summed E-state index contributed by atoms with van der Waals surface area (Å²) in [5.74, 6) is 1.86. The van der Waals surface area contributed by atoms with Crippen molar-refractivity contribution in [3.05, 3.63) is 224 Å². The standard InChI is InChI=1S/C57H37N5/c1-6-20-38(21-7-1)47-36-42(57-59-55(40-24-10-3-11-25-40)58-56(60-57)41-26-12-4-13-27-41)37-48(39-22-8-2-9-23-39)53(47)62-50-33-19-17-31-46(50)52-51(62)35-34-45-44-30-16-18-32-49(44)61(54(45)52)43-28-14-5-15-29-43/h1-37H. The van der Waals surface area contributed by atoms with Gasteiger partial charge in [0, 0.05) is 55.0 Å². The molecule has 9 aromatic carbocycles. The third kappa shape index (κ3) is 5.82. The molecule has 12 aromatic rings. The smallest absolute Gasteiger partial charge is 0.164 e. The van der Waals surface area contributed by atoms with E-state index in [1.165, 1.54) is 32.6 Å². The molecule has 5 nitrogen and oxygen atoms in total. The van der Waals surface area contributed by atoms with Crippen LogP contribution in [-0.2, 0) is 0 Å². The fraction of sp³-hybridized carbons (Fsp3) is 0. The zero-order valence-electron chi connectivity index (χ0n) is 33.6. The van der Waals surface area contributed by atoms with E-state index in [1.807, 2.05) is 36.4 Å². The third-order valence-corrected chi connectivity index (χ3v) is 11.9. The van der Waals surface area contributed by atoms with Gasteiger partial charge in [0.15, 0.2) is 17.5 Å². The minimum atomic E-state index is 0.606. The molecule has 0 radical (unpaired) electrons. The van der Waals surface area contributed by atoms with Gasteiger partial charge < -0.3 is 9.13 Å². The van der Waals surface area contributed by atoms with Gasteiger partial charge >= 0.3 is 0 Å². The Bertz CT molecular complexity index is 3480. The maximum absolute atomic E-state index is 5.22. The van der Waals surface area contributed by atoms with E-state index >= 15 is 0 Å². The fourth-order valence-electron chi connectivity index (χ4n) is 9.21. The molecule has 0 spiro atoms. The molecule has 290 valence electrons. The van der Waals surface area contributed by atoms with Crippen LogP contribution in [0.3, 0.4) is 0 Å². The van der Waals surface area contributed by atoms with E-state index in [4.69, 9.17) is 15.0 Å². The molecule has 0 aliphatic carbocycles. The molecule has 0 bridgehead atoms. The summed E-state index contributed by atoms with van der Waals surface area (Å²) in [6.45, 7) is 0. The van der Waals surface area contributed by atoms with E-state index in [0.29, 0.717) is 17.5 Å². The van der Waals surface area contributed by atoms with E-state index < -0.39 is 0 Å². The van der Waals surface area contributed by atoms with Crippen LogP contribution in [0.1, 0.15) is 0 Å². The summed E-state index contributed by atoms with van der Waals surface area (Å²) < 4.78 is 4.93. The second kappa shape index (κ2) is 14.7. The van der Waals surface area contributed by atoms with E-state index in [1.54, 1.807) is 0 Å². The van der Waals surface area contributed by atoms with E-state index in [9.17, 15) is 0 Å². The highest BCUT2D eigenvalue weighted by molar-refractivity contribution is 6.26. The van der Waals surface area contributed by atoms with Crippen molar-refractivity contribution in [3.8, 4) is 67.8 Å². The average molecular weight is 792 g/mol. The van der Waals surface area contributed by atoms with Crippen LogP contribution in [0, 0.1) is 0 Å². The lowest BCUT2D eigenvalue weighted by molar-refractivity contribution is 1.07. The van der Waals surface area contributed by atoms with Crippen LogP contribution in [0.4, 0.5) is 0 Å². The van der Waals surface area contributed by atoms with Gasteiger partial charge in [-0.05, 0) is 53.6 Å². The normalized spacial score (nSPS) is 11.5. The van der Waals surface area contributed by atoms with E-state index in [2.05, 4.69) is 197 Å². The molecule has 62 heavy (non-hydrogen) atoms. The molecule has 0 amide bonds. The van der Waals surface area contributed by atoms with Crippen molar-refractivity contribution in [3.63, 3.8) is 0 Å². The molecule has 12 rings (SSSR count). The summed E-state index contributed by atoms with van der Waals surface area (Å²) in [5, 5.41) is 4.84. The first-order valence-electron chi connectivity index (χ1n) is 21.0. The number of aromatic nitrogens is 5. The average Bonchev–Trinajstić information content (AvgIpc) is 3.87. The van der Waals surface area contributed by atoms with Crippen LogP contribution >= 0.6 is 0 Å². The molecule has 0 saturated heterocycles. The molecule has 0 atom stereocenters. The summed E-state index contributed by atoms with van der Waals surface area (Å²) in [6, 6.07) is 79.3. The SMILES string of the molecule is c1ccc(-c2nc(-c3ccccc3)nc(-c3cc(-c4ccccc4)c(-n4c5ccccc5c5c4ccc4c6ccccc6n(-c6ccccc6)c45)c(-c4ccccc4)c3)n2)cc1. The van der Waals surface area contributed by atoms with Crippen molar-refractivity contribution >= 4 is 43.6 Å². The lowest BCUT2D eigenvalue weighted by Crippen LogP contribution is -2.04. The maximum Gasteiger partial charge on any atom is 0.164 e. The Hall–Kier alpha value is -8.41. The zero-order valence-corrected chi connectivity index (χ0v) is 33.6. The predicted molar refractivity (Wildman–Crippen MR) is 256 cm³/mol.